The molecule has 14 heteroatoms. The number of nitrogens with zero attached hydrogens (tertiary/aromatic N) is 4. The number of methoxy groups -OCH3 is 1. The van der Waals surface area contributed by atoms with Gasteiger partial charge in [0, 0.05) is 43.1 Å². The Bertz CT molecular complexity index is 1810. The van der Waals surface area contributed by atoms with E-state index in [2.05, 4.69) is 42.8 Å². The number of hydrogen-bond donors (Lipinski definition) is 4. The standard InChI is InChI=1S/C32H37ClN8O4S/c1-4-19-46(43,44)27-8-6-5-7-25(27)36-30-28(33)29(34)38-32(39-30)37-24-14-9-21(20-26(24)45-3)31(42)35-22-10-12-23(13-11-22)41-17-15-40(2)16-18-41/h5-14,20H,4,15-19H2,1-3H3,(H,35,42)(H4,34,36,37,38,39). The Labute approximate surface area is 273 Å². The van der Waals surface area contributed by atoms with Crippen molar-refractivity contribution >= 4 is 67.7 Å². The van der Waals surface area contributed by atoms with E-state index in [0.29, 0.717) is 34.8 Å². The summed E-state index contributed by atoms with van der Waals surface area (Å²) in [5.74, 6) is 0.227. The van der Waals surface area contributed by atoms with Crippen molar-refractivity contribution < 1.29 is 17.9 Å². The van der Waals surface area contributed by atoms with Crippen molar-refractivity contribution in [2.75, 3.05) is 72.7 Å². The molecular formula is C32H37ClN8O4S. The van der Waals surface area contributed by atoms with Crippen LogP contribution in [-0.4, -0.2) is 75.3 Å². The van der Waals surface area contributed by atoms with Gasteiger partial charge in [-0.15, -0.1) is 0 Å². The van der Waals surface area contributed by atoms with Crippen molar-refractivity contribution in [3.8, 4) is 5.75 Å². The van der Waals surface area contributed by atoms with E-state index >= 15 is 0 Å². The van der Waals surface area contributed by atoms with Gasteiger partial charge in [0.25, 0.3) is 5.91 Å². The van der Waals surface area contributed by atoms with Gasteiger partial charge in [0.2, 0.25) is 5.95 Å². The molecule has 3 aromatic carbocycles. The summed E-state index contributed by atoms with van der Waals surface area (Å²) in [6.45, 7) is 5.76. The lowest BCUT2D eigenvalue weighted by atomic mass is 10.1. The zero-order valence-corrected chi connectivity index (χ0v) is 27.5. The van der Waals surface area contributed by atoms with Gasteiger partial charge < -0.3 is 36.2 Å². The number of nitrogens with one attached hydrogen (secondary N) is 3. The fourth-order valence-corrected chi connectivity index (χ4v) is 6.66. The van der Waals surface area contributed by atoms with Gasteiger partial charge in [0.1, 0.15) is 16.6 Å². The van der Waals surface area contributed by atoms with Crippen LogP contribution < -0.4 is 31.3 Å². The quantitative estimate of drug-likeness (QED) is 0.163. The number of carbonyl (C=O) groups excluding carboxylic acids is 1. The summed E-state index contributed by atoms with van der Waals surface area (Å²) in [6.07, 6.45) is 0.471. The minimum absolute atomic E-state index is 0.00481. The van der Waals surface area contributed by atoms with Crippen molar-refractivity contribution in [2.45, 2.75) is 18.2 Å². The maximum atomic E-state index is 13.1. The molecule has 5 rings (SSSR count). The Morgan fingerprint density at radius 3 is 2.39 bits per heavy atom. The van der Waals surface area contributed by atoms with Gasteiger partial charge in [0.15, 0.2) is 15.7 Å². The predicted molar refractivity (Wildman–Crippen MR) is 184 cm³/mol. The lowest BCUT2D eigenvalue weighted by Gasteiger charge is -2.34. The number of para-hydroxylation sites is 1. The van der Waals surface area contributed by atoms with Crippen LogP contribution in [0.15, 0.2) is 71.6 Å². The van der Waals surface area contributed by atoms with Gasteiger partial charge in [-0.3, -0.25) is 4.79 Å². The number of nitrogen functional groups attached to an aromatic ring is 1. The molecule has 2 heterocycles. The SMILES string of the molecule is CCCS(=O)(=O)c1ccccc1Nc1nc(Nc2ccc(C(=O)Nc3ccc(N4CCN(C)CC4)cc3)cc2OC)nc(N)c1Cl. The van der Waals surface area contributed by atoms with E-state index in [1.807, 2.05) is 24.3 Å². The predicted octanol–water partition coefficient (Wildman–Crippen LogP) is 5.40. The molecule has 1 fully saturated rings. The van der Waals surface area contributed by atoms with Gasteiger partial charge in [-0.25, -0.2) is 8.42 Å². The molecule has 1 aliphatic rings. The molecule has 5 N–H and O–H groups in total. The number of carbonyl (C=O) groups is 1. The molecule has 0 radical (unpaired) electrons. The van der Waals surface area contributed by atoms with Gasteiger partial charge in [-0.1, -0.05) is 30.7 Å². The highest BCUT2D eigenvalue weighted by molar-refractivity contribution is 7.91. The van der Waals surface area contributed by atoms with Crippen molar-refractivity contribution in [2.24, 2.45) is 0 Å². The molecule has 12 nitrogen and oxygen atoms in total. The molecule has 46 heavy (non-hydrogen) atoms. The number of likely N-dealkylation sites (N-methyl/N-ethyl adjacent to an activating group) is 1. The van der Waals surface area contributed by atoms with Gasteiger partial charge >= 0.3 is 0 Å². The third kappa shape index (κ3) is 7.61. The van der Waals surface area contributed by atoms with Crippen LogP contribution in [0.3, 0.4) is 0 Å². The number of aromatic nitrogens is 2. The van der Waals surface area contributed by atoms with E-state index < -0.39 is 9.84 Å². The summed E-state index contributed by atoms with van der Waals surface area (Å²) < 4.78 is 31.2. The number of amides is 1. The molecule has 0 bridgehead atoms. The summed E-state index contributed by atoms with van der Waals surface area (Å²) in [4.78, 5) is 26.5. The fourth-order valence-electron chi connectivity index (χ4n) is 5.03. The maximum Gasteiger partial charge on any atom is 0.255 e. The summed E-state index contributed by atoms with van der Waals surface area (Å²) in [7, 11) is 0.0646. The van der Waals surface area contributed by atoms with Crippen LogP contribution in [0.2, 0.25) is 5.02 Å². The Morgan fingerprint density at radius 1 is 0.978 bits per heavy atom. The Balaban J connectivity index is 1.31. The van der Waals surface area contributed by atoms with Crippen molar-refractivity contribution in [3.05, 3.63) is 77.3 Å². The molecule has 1 saturated heterocycles. The average Bonchev–Trinajstić information content (AvgIpc) is 3.04. The monoisotopic (exact) mass is 664 g/mol. The summed E-state index contributed by atoms with van der Waals surface area (Å²) >= 11 is 6.42. The first-order valence-electron chi connectivity index (χ1n) is 14.8. The largest absolute Gasteiger partial charge is 0.495 e. The fraction of sp³-hybridized carbons (Fsp3) is 0.281. The second-order valence-corrected chi connectivity index (χ2v) is 13.3. The molecule has 1 aromatic heterocycles. The number of benzene rings is 3. The molecular weight excluding hydrogens is 628 g/mol. The third-order valence-corrected chi connectivity index (χ3v) is 9.87. The summed E-state index contributed by atoms with van der Waals surface area (Å²) in [5, 5.41) is 9.02. The second-order valence-electron chi connectivity index (χ2n) is 10.9. The van der Waals surface area contributed by atoms with E-state index in [9.17, 15) is 13.2 Å². The van der Waals surface area contributed by atoms with E-state index in [0.717, 1.165) is 31.9 Å². The Hall–Kier alpha value is -4.59. The number of rotatable bonds is 11. The Kier molecular flexibility index (Phi) is 10.1. The highest BCUT2D eigenvalue weighted by Crippen LogP contribution is 2.34. The van der Waals surface area contributed by atoms with E-state index in [4.69, 9.17) is 22.1 Å². The van der Waals surface area contributed by atoms with E-state index in [1.165, 1.54) is 13.2 Å². The number of sulfone groups is 1. The molecule has 0 atom stereocenters. The number of halogens is 1. The number of nitrogens with two attached hydrogens (primary N) is 1. The number of hydrogen-bond acceptors (Lipinski definition) is 11. The number of piperazine rings is 1. The van der Waals surface area contributed by atoms with Crippen LogP contribution in [-0.2, 0) is 9.84 Å². The molecule has 0 unspecified atom stereocenters. The van der Waals surface area contributed by atoms with Gasteiger partial charge in [-0.05, 0) is 68.1 Å². The highest BCUT2D eigenvalue weighted by Gasteiger charge is 2.20. The van der Waals surface area contributed by atoms with Gasteiger partial charge in [-0.2, -0.15) is 9.97 Å². The second kappa shape index (κ2) is 14.2. The molecule has 0 aliphatic carbocycles. The first-order chi connectivity index (χ1) is 22.1. The van der Waals surface area contributed by atoms with E-state index in [1.54, 1.807) is 43.3 Å². The van der Waals surface area contributed by atoms with Crippen LogP contribution in [0.5, 0.6) is 5.75 Å². The van der Waals surface area contributed by atoms with Crippen molar-refractivity contribution in [3.63, 3.8) is 0 Å². The molecule has 1 amide bonds. The minimum Gasteiger partial charge on any atom is -0.495 e. The summed E-state index contributed by atoms with van der Waals surface area (Å²) in [6, 6.07) is 19.2. The van der Waals surface area contributed by atoms with Crippen molar-refractivity contribution in [1.82, 2.24) is 14.9 Å². The molecule has 0 spiro atoms. The van der Waals surface area contributed by atoms with Crippen LogP contribution in [0.25, 0.3) is 0 Å². The first-order valence-corrected chi connectivity index (χ1v) is 16.8. The summed E-state index contributed by atoms with van der Waals surface area (Å²) in [5.41, 5.74) is 9.06. The zero-order valence-electron chi connectivity index (χ0n) is 25.9. The third-order valence-electron chi connectivity index (χ3n) is 7.53. The number of ether oxygens (including phenoxy) is 1. The first kappa shape index (κ1) is 32.8. The van der Waals surface area contributed by atoms with Crippen LogP contribution in [0.1, 0.15) is 23.7 Å². The van der Waals surface area contributed by atoms with Crippen LogP contribution in [0.4, 0.5) is 40.3 Å². The molecule has 4 aromatic rings. The smallest absolute Gasteiger partial charge is 0.255 e. The lowest BCUT2D eigenvalue weighted by molar-refractivity contribution is 0.102. The Morgan fingerprint density at radius 2 is 1.70 bits per heavy atom. The van der Waals surface area contributed by atoms with Crippen LogP contribution in [0, 0.1) is 0 Å². The van der Waals surface area contributed by atoms with Gasteiger partial charge in [0.05, 0.1) is 29.1 Å². The van der Waals surface area contributed by atoms with Crippen molar-refractivity contribution in [1.29, 1.82) is 0 Å². The zero-order chi connectivity index (χ0) is 32.8. The molecule has 242 valence electrons. The molecule has 1 aliphatic heterocycles. The van der Waals surface area contributed by atoms with Crippen LogP contribution >= 0.6 is 11.6 Å². The normalized spacial score (nSPS) is 13.7. The molecule has 0 saturated carbocycles. The lowest BCUT2D eigenvalue weighted by Crippen LogP contribution is -2.44. The van der Waals surface area contributed by atoms with E-state index in [-0.39, 0.29) is 39.2 Å². The topological polar surface area (TPSA) is 155 Å². The maximum absolute atomic E-state index is 13.1. The average molecular weight is 665 g/mol. The number of anilines is 7. The minimum atomic E-state index is -3.54. The highest BCUT2D eigenvalue weighted by atomic mass is 35.5.